The molecule has 0 aliphatic carbocycles. The second-order valence-electron chi connectivity index (χ2n) is 4.40. The van der Waals surface area contributed by atoms with Gasteiger partial charge in [-0.1, -0.05) is 29.3 Å². The summed E-state index contributed by atoms with van der Waals surface area (Å²) in [5.41, 5.74) is 2.31. The molecule has 1 amide bonds. The number of anilines is 1. The van der Waals surface area contributed by atoms with Gasteiger partial charge in [-0.3, -0.25) is 4.79 Å². The third-order valence-electron chi connectivity index (χ3n) is 2.80. The molecule has 1 N–H and O–H groups in total. The van der Waals surface area contributed by atoms with Crippen molar-refractivity contribution in [3.8, 4) is 0 Å². The van der Waals surface area contributed by atoms with Crippen LogP contribution in [-0.4, -0.2) is 5.91 Å². The zero-order valence-electron chi connectivity index (χ0n) is 10.6. The van der Waals surface area contributed by atoms with E-state index >= 15 is 0 Å². The molecule has 0 radical (unpaired) electrons. The Hall–Kier alpha value is -1.87. The molecule has 0 fully saturated rings. The Morgan fingerprint density at radius 1 is 1.16 bits per heavy atom. The largest absolute Gasteiger partial charge is 0.322 e. The Morgan fingerprint density at radius 3 is 2.58 bits per heavy atom. The van der Waals surface area contributed by atoms with Crippen LogP contribution in [0.1, 0.15) is 21.5 Å². The van der Waals surface area contributed by atoms with Crippen LogP contribution in [0.25, 0.3) is 0 Å². The maximum absolute atomic E-state index is 13.6. The van der Waals surface area contributed by atoms with Gasteiger partial charge in [-0.25, -0.2) is 4.39 Å². The van der Waals surface area contributed by atoms with Gasteiger partial charge in [0.15, 0.2) is 0 Å². The first-order chi connectivity index (χ1) is 8.97. The average Bonchev–Trinajstić information content (AvgIpc) is 2.36. The van der Waals surface area contributed by atoms with Crippen LogP contribution in [0.2, 0.25) is 5.02 Å². The fraction of sp³-hybridized carbons (Fsp3) is 0.133. The number of halogens is 2. The van der Waals surface area contributed by atoms with Gasteiger partial charge in [0.25, 0.3) is 5.91 Å². The topological polar surface area (TPSA) is 29.1 Å². The summed E-state index contributed by atoms with van der Waals surface area (Å²) in [6, 6.07) is 9.58. The second kappa shape index (κ2) is 5.41. The number of rotatable bonds is 2. The molecule has 19 heavy (non-hydrogen) atoms. The summed E-state index contributed by atoms with van der Waals surface area (Å²) >= 11 is 5.97. The van der Waals surface area contributed by atoms with Crippen LogP contribution in [-0.2, 0) is 0 Å². The summed E-state index contributed by atoms with van der Waals surface area (Å²) in [4.78, 5) is 12.0. The minimum atomic E-state index is -0.540. The van der Waals surface area contributed by atoms with E-state index in [2.05, 4.69) is 5.32 Å². The molecule has 2 aromatic rings. The van der Waals surface area contributed by atoms with Crippen LogP contribution in [0.15, 0.2) is 36.4 Å². The van der Waals surface area contributed by atoms with Crippen molar-refractivity contribution in [2.75, 3.05) is 5.32 Å². The van der Waals surface area contributed by atoms with E-state index in [1.54, 1.807) is 31.2 Å². The summed E-state index contributed by atoms with van der Waals surface area (Å²) < 4.78 is 13.6. The molecule has 4 heteroatoms. The SMILES string of the molecule is Cc1ccc(F)c(C(=O)Nc2ccc(C)c(Cl)c2)c1. The maximum atomic E-state index is 13.6. The normalized spacial score (nSPS) is 10.3. The molecule has 0 spiro atoms. The van der Waals surface area contributed by atoms with E-state index in [1.807, 2.05) is 6.92 Å². The molecule has 2 aromatic carbocycles. The molecule has 0 unspecified atom stereocenters. The number of hydrogen-bond acceptors (Lipinski definition) is 1. The quantitative estimate of drug-likeness (QED) is 0.869. The molecule has 0 aromatic heterocycles. The van der Waals surface area contributed by atoms with Gasteiger partial charge < -0.3 is 5.32 Å². The Morgan fingerprint density at radius 2 is 1.89 bits per heavy atom. The molecule has 2 nitrogen and oxygen atoms in total. The summed E-state index contributed by atoms with van der Waals surface area (Å²) in [6.07, 6.45) is 0. The summed E-state index contributed by atoms with van der Waals surface area (Å²) in [7, 11) is 0. The monoisotopic (exact) mass is 277 g/mol. The lowest BCUT2D eigenvalue weighted by atomic mass is 10.1. The number of benzene rings is 2. The van der Waals surface area contributed by atoms with Crippen molar-refractivity contribution in [2.24, 2.45) is 0 Å². The first-order valence-electron chi connectivity index (χ1n) is 5.81. The van der Waals surface area contributed by atoms with Crippen LogP contribution in [0.5, 0.6) is 0 Å². The minimum Gasteiger partial charge on any atom is -0.322 e. The van der Waals surface area contributed by atoms with Gasteiger partial charge in [0.2, 0.25) is 0 Å². The van der Waals surface area contributed by atoms with E-state index in [0.717, 1.165) is 11.1 Å². The summed E-state index contributed by atoms with van der Waals surface area (Å²) in [5, 5.41) is 3.19. The molecule has 0 atom stereocenters. The summed E-state index contributed by atoms with van der Waals surface area (Å²) in [5.74, 6) is -1.03. The van der Waals surface area contributed by atoms with E-state index in [-0.39, 0.29) is 5.56 Å². The third-order valence-corrected chi connectivity index (χ3v) is 3.20. The number of aryl methyl sites for hydroxylation is 2. The van der Waals surface area contributed by atoms with Crippen molar-refractivity contribution >= 4 is 23.2 Å². The standard InChI is InChI=1S/C15H13ClFNO/c1-9-3-6-14(17)12(7-9)15(19)18-11-5-4-10(2)13(16)8-11/h3-8H,1-2H3,(H,18,19). The Labute approximate surface area is 116 Å². The van der Waals surface area contributed by atoms with Gasteiger partial charge in [0.1, 0.15) is 5.82 Å². The van der Waals surface area contributed by atoms with Crippen LogP contribution in [0.4, 0.5) is 10.1 Å². The molecule has 0 bridgehead atoms. The van der Waals surface area contributed by atoms with Crippen LogP contribution in [0.3, 0.4) is 0 Å². The van der Waals surface area contributed by atoms with Crippen LogP contribution in [0, 0.1) is 19.7 Å². The van der Waals surface area contributed by atoms with Crippen LogP contribution >= 0.6 is 11.6 Å². The summed E-state index contributed by atoms with van der Waals surface area (Å²) in [6.45, 7) is 3.67. The Balaban J connectivity index is 2.25. The average molecular weight is 278 g/mol. The maximum Gasteiger partial charge on any atom is 0.258 e. The molecular weight excluding hydrogens is 265 g/mol. The third kappa shape index (κ3) is 3.12. The number of nitrogens with one attached hydrogen (secondary N) is 1. The van der Waals surface area contributed by atoms with Crippen molar-refractivity contribution in [2.45, 2.75) is 13.8 Å². The molecule has 0 aliphatic rings. The number of hydrogen-bond donors (Lipinski definition) is 1. The van der Waals surface area contributed by atoms with E-state index in [9.17, 15) is 9.18 Å². The van der Waals surface area contributed by atoms with E-state index in [0.29, 0.717) is 10.7 Å². The second-order valence-corrected chi connectivity index (χ2v) is 4.81. The highest BCUT2D eigenvalue weighted by molar-refractivity contribution is 6.31. The van der Waals surface area contributed by atoms with Crippen molar-refractivity contribution in [1.82, 2.24) is 0 Å². The lowest BCUT2D eigenvalue weighted by Gasteiger charge is -2.08. The van der Waals surface area contributed by atoms with Crippen molar-refractivity contribution in [3.05, 3.63) is 63.9 Å². The molecule has 98 valence electrons. The predicted octanol–water partition coefficient (Wildman–Crippen LogP) is 4.35. The minimum absolute atomic E-state index is 0.0247. The van der Waals surface area contributed by atoms with Crippen molar-refractivity contribution < 1.29 is 9.18 Å². The molecule has 0 aliphatic heterocycles. The van der Waals surface area contributed by atoms with Gasteiger partial charge in [-0.15, -0.1) is 0 Å². The fourth-order valence-electron chi connectivity index (χ4n) is 1.68. The molecule has 0 saturated heterocycles. The van der Waals surface area contributed by atoms with Crippen molar-refractivity contribution in [3.63, 3.8) is 0 Å². The van der Waals surface area contributed by atoms with Gasteiger partial charge in [0.05, 0.1) is 5.56 Å². The first kappa shape index (κ1) is 13.6. The van der Waals surface area contributed by atoms with Gasteiger partial charge in [-0.2, -0.15) is 0 Å². The number of carbonyl (C=O) groups is 1. The Bertz CT molecular complexity index is 640. The van der Waals surface area contributed by atoms with E-state index < -0.39 is 11.7 Å². The number of carbonyl (C=O) groups excluding carboxylic acids is 1. The highest BCUT2D eigenvalue weighted by Gasteiger charge is 2.12. The Kier molecular flexibility index (Phi) is 3.86. The van der Waals surface area contributed by atoms with E-state index in [4.69, 9.17) is 11.6 Å². The lowest BCUT2D eigenvalue weighted by Crippen LogP contribution is -2.14. The first-order valence-corrected chi connectivity index (χ1v) is 6.19. The number of amides is 1. The van der Waals surface area contributed by atoms with Crippen molar-refractivity contribution in [1.29, 1.82) is 0 Å². The van der Waals surface area contributed by atoms with Gasteiger partial charge in [0, 0.05) is 10.7 Å². The molecule has 2 rings (SSSR count). The zero-order chi connectivity index (χ0) is 14.0. The molecule has 0 heterocycles. The van der Waals surface area contributed by atoms with E-state index in [1.165, 1.54) is 12.1 Å². The van der Waals surface area contributed by atoms with Gasteiger partial charge in [-0.05, 0) is 43.7 Å². The van der Waals surface area contributed by atoms with Crippen LogP contribution < -0.4 is 5.32 Å². The smallest absolute Gasteiger partial charge is 0.258 e. The lowest BCUT2D eigenvalue weighted by molar-refractivity contribution is 0.102. The molecular formula is C15H13ClFNO. The fourth-order valence-corrected chi connectivity index (χ4v) is 1.86. The predicted molar refractivity (Wildman–Crippen MR) is 75.3 cm³/mol. The highest BCUT2D eigenvalue weighted by atomic mass is 35.5. The zero-order valence-corrected chi connectivity index (χ0v) is 11.4. The highest BCUT2D eigenvalue weighted by Crippen LogP contribution is 2.21. The molecule has 0 saturated carbocycles. The van der Waals surface area contributed by atoms with Gasteiger partial charge >= 0.3 is 0 Å².